The SMILES string of the molecule is CCC(N)N(C)C(=O)NCCN1CCC(OC(=O)Nc2ccccc2-c2ccccc2)CC1. The number of carbonyl (C=O) groups excluding carboxylic acids is 2. The van der Waals surface area contributed by atoms with Crippen molar-refractivity contribution in [3.05, 3.63) is 54.6 Å². The van der Waals surface area contributed by atoms with Crippen molar-refractivity contribution in [2.45, 2.75) is 38.5 Å². The molecule has 8 nitrogen and oxygen atoms in total. The second-order valence-corrected chi connectivity index (χ2v) is 8.30. The van der Waals surface area contributed by atoms with Crippen LogP contribution in [0, 0.1) is 0 Å². The first-order valence-electron chi connectivity index (χ1n) is 11.6. The molecule has 1 aliphatic rings. The van der Waals surface area contributed by atoms with Gasteiger partial charge in [0, 0.05) is 38.8 Å². The maximum absolute atomic E-state index is 12.5. The molecule has 2 aromatic carbocycles. The third-order valence-corrected chi connectivity index (χ3v) is 6.00. The number of nitrogens with zero attached hydrogens (tertiary/aromatic N) is 2. The molecule has 4 N–H and O–H groups in total. The lowest BCUT2D eigenvalue weighted by Crippen LogP contribution is -2.49. The molecule has 1 heterocycles. The third kappa shape index (κ3) is 7.20. The Kier molecular flexibility index (Phi) is 9.09. The minimum atomic E-state index is -0.431. The van der Waals surface area contributed by atoms with E-state index in [9.17, 15) is 9.59 Å². The number of piperidine rings is 1. The number of ether oxygens (including phenoxy) is 1. The van der Waals surface area contributed by atoms with E-state index in [1.54, 1.807) is 7.05 Å². The van der Waals surface area contributed by atoms with E-state index in [1.807, 2.05) is 61.5 Å². The summed E-state index contributed by atoms with van der Waals surface area (Å²) in [5.41, 5.74) is 8.61. The normalized spacial score (nSPS) is 15.5. The lowest BCUT2D eigenvalue weighted by atomic mass is 10.0. The highest BCUT2D eigenvalue weighted by atomic mass is 16.6. The molecule has 178 valence electrons. The number of para-hydroxylation sites is 1. The number of likely N-dealkylation sites (tertiary alicyclic amines) is 1. The van der Waals surface area contributed by atoms with Crippen molar-refractivity contribution >= 4 is 17.8 Å². The smallest absolute Gasteiger partial charge is 0.411 e. The van der Waals surface area contributed by atoms with Crippen LogP contribution < -0.4 is 16.4 Å². The molecule has 1 atom stereocenters. The average Bonchev–Trinajstić information content (AvgIpc) is 2.85. The van der Waals surface area contributed by atoms with Crippen molar-refractivity contribution in [2.75, 3.05) is 38.5 Å². The molecule has 3 amide bonds. The van der Waals surface area contributed by atoms with E-state index in [-0.39, 0.29) is 18.3 Å². The fourth-order valence-electron chi connectivity index (χ4n) is 3.87. The van der Waals surface area contributed by atoms with Crippen molar-refractivity contribution in [2.24, 2.45) is 5.73 Å². The third-order valence-electron chi connectivity index (χ3n) is 6.00. The molecule has 1 fully saturated rings. The Morgan fingerprint density at radius 1 is 1.12 bits per heavy atom. The molecule has 8 heteroatoms. The van der Waals surface area contributed by atoms with Crippen molar-refractivity contribution in [3.8, 4) is 11.1 Å². The summed E-state index contributed by atoms with van der Waals surface area (Å²) in [6, 6.07) is 17.5. The van der Waals surface area contributed by atoms with E-state index < -0.39 is 6.09 Å². The van der Waals surface area contributed by atoms with E-state index in [0.29, 0.717) is 13.0 Å². The van der Waals surface area contributed by atoms with Crippen LogP contribution in [-0.2, 0) is 4.74 Å². The largest absolute Gasteiger partial charge is 0.446 e. The molecule has 0 spiro atoms. The molecule has 1 saturated heterocycles. The van der Waals surface area contributed by atoms with Gasteiger partial charge in [0.1, 0.15) is 6.10 Å². The van der Waals surface area contributed by atoms with E-state index in [0.717, 1.165) is 49.3 Å². The quantitative estimate of drug-likeness (QED) is 0.529. The van der Waals surface area contributed by atoms with Crippen molar-refractivity contribution in [1.82, 2.24) is 15.1 Å². The van der Waals surface area contributed by atoms with Crippen molar-refractivity contribution < 1.29 is 14.3 Å². The molecule has 3 rings (SSSR count). The zero-order chi connectivity index (χ0) is 23.6. The first-order chi connectivity index (χ1) is 16.0. The monoisotopic (exact) mass is 453 g/mol. The molecule has 0 saturated carbocycles. The Morgan fingerprint density at radius 2 is 1.79 bits per heavy atom. The summed E-state index contributed by atoms with van der Waals surface area (Å²) in [7, 11) is 1.70. The average molecular weight is 454 g/mol. The number of hydrogen-bond acceptors (Lipinski definition) is 5. The highest BCUT2D eigenvalue weighted by molar-refractivity contribution is 5.91. The number of anilines is 1. The summed E-state index contributed by atoms with van der Waals surface area (Å²) in [5, 5.41) is 5.81. The Morgan fingerprint density at radius 3 is 2.48 bits per heavy atom. The first-order valence-corrected chi connectivity index (χ1v) is 11.6. The maximum Gasteiger partial charge on any atom is 0.411 e. The number of amides is 3. The number of nitrogens with two attached hydrogens (primary N) is 1. The Labute approximate surface area is 196 Å². The highest BCUT2D eigenvalue weighted by Crippen LogP contribution is 2.28. The van der Waals surface area contributed by atoms with E-state index in [2.05, 4.69) is 15.5 Å². The molecule has 33 heavy (non-hydrogen) atoms. The second-order valence-electron chi connectivity index (χ2n) is 8.30. The van der Waals surface area contributed by atoms with Gasteiger partial charge >= 0.3 is 12.1 Å². The van der Waals surface area contributed by atoms with Crippen LogP contribution in [0.1, 0.15) is 26.2 Å². The van der Waals surface area contributed by atoms with Crippen LogP contribution in [0.3, 0.4) is 0 Å². The molecular weight excluding hydrogens is 418 g/mol. The minimum absolute atomic E-state index is 0.117. The summed E-state index contributed by atoms with van der Waals surface area (Å²) in [6.07, 6.45) is 1.42. The zero-order valence-electron chi connectivity index (χ0n) is 19.5. The van der Waals surface area contributed by atoms with Crippen LogP contribution in [0.25, 0.3) is 11.1 Å². The van der Waals surface area contributed by atoms with Crippen LogP contribution >= 0.6 is 0 Å². The molecule has 0 aromatic heterocycles. The van der Waals surface area contributed by atoms with Gasteiger partial charge in [0.15, 0.2) is 0 Å². The van der Waals surface area contributed by atoms with Crippen LogP contribution in [0.5, 0.6) is 0 Å². The Balaban J connectivity index is 1.40. The van der Waals surface area contributed by atoms with Crippen molar-refractivity contribution in [1.29, 1.82) is 0 Å². The fourth-order valence-corrected chi connectivity index (χ4v) is 3.87. The second kappa shape index (κ2) is 12.2. The predicted molar refractivity (Wildman–Crippen MR) is 131 cm³/mol. The van der Waals surface area contributed by atoms with Gasteiger partial charge in [0.05, 0.1) is 11.9 Å². The fraction of sp³-hybridized carbons (Fsp3) is 0.440. The minimum Gasteiger partial charge on any atom is -0.446 e. The number of carbonyl (C=O) groups is 2. The van der Waals surface area contributed by atoms with E-state index >= 15 is 0 Å². The predicted octanol–water partition coefficient (Wildman–Crippen LogP) is 3.70. The molecule has 0 aliphatic carbocycles. The van der Waals surface area contributed by atoms with Crippen LogP contribution in [0.15, 0.2) is 54.6 Å². The summed E-state index contributed by atoms with van der Waals surface area (Å²) >= 11 is 0. The summed E-state index contributed by atoms with van der Waals surface area (Å²) in [5.74, 6) is 0. The summed E-state index contributed by atoms with van der Waals surface area (Å²) in [6.45, 7) is 4.90. The number of rotatable bonds is 8. The lowest BCUT2D eigenvalue weighted by molar-refractivity contribution is 0.0592. The molecular formula is C25H35N5O3. The van der Waals surface area contributed by atoms with E-state index in [1.165, 1.54) is 4.90 Å². The lowest BCUT2D eigenvalue weighted by Gasteiger charge is -2.32. The Hall–Kier alpha value is -3.10. The van der Waals surface area contributed by atoms with Gasteiger partial charge in [-0.25, -0.2) is 9.59 Å². The molecule has 1 unspecified atom stereocenters. The van der Waals surface area contributed by atoms with Crippen LogP contribution in [0.2, 0.25) is 0 Å². The van der Waals surface area contributed by atoms with Gasteiger partial charge in [-0.05, 0) is 30.9 Å². The van der Waals surface area contributed by atoms with Gasteiger partial charge < -0.3 is 25.6 Å². The Bertz CT molecular complexity index is 900. The van der Waals surface area contributed by atoms with E-state index in [4.69, 9.17) is 10.5 Å². The van der Waals surface area contributed by atoms with Gasteiger partial charge in [-0.2, -0.15) is 0 Å². The highest BCUT2D eigenvalue weighted by Gasteiger charge is 2.23. The van der Waals surface area contributed by atoms with Gasteiger partial charge in [-0.15, -0.1) is 0 Å². The molecule has 0 bridgehead atoms. The van der Waals surface area contributed by atoms with Gasteiger partial charge in [0.2, 0.25) is 0 Å². The zero-order valence-corrected chi connectivity index (χ0v) is 19.5. The number of nitrogens with one attached hydrogen (secondary N) is 2. The number of hydrogen-bond donors (Lipinski definition) is 3. The van der Waals surface area contributed by atoms with Gasteiger partial charge in [0.25, 0.3) is 0 Å². The number of benzene rings is 2. The molecule has 0 radical (unpaired) electrons. The first kappa shape index (κ1) is 24.5. The van der Waals surface area contributed by atoms with Gasteiger partial charge in [-0.3, -0.25) is 5.32 Å². The topological polar surface area (TPSA) is 99.9 Å². The molecule has 2 aromatic rings. The maximum atomic E-state index is 12.5. The standard InChI is InChI=1S/C25H35N5O3/c1-3-23(26)29(2)24(31)27-15-18-30-16-13-20(14-17-30)33-25(32)28-22-12-8-7-11-21(22)19-9-5-4-6-10-19/h4-12,20,23H,3,13-18,26H2,1-2H3,(H,27,31)(H,28,32). The van der Waals surface area contributed by atoms with Crippen LogP contribution in [0.4, 0.5) is 15.3 Å². The molecule has 1 aliphatic heterocycles. The van der Waals surface area contributed by atoms with Crippen LogP contribution in [-0.4, -0.2) is 67.4 Å². The number of urea groups is 1. The van der Waals surface area contributed by atoms with Gasteiger partial charge in [-0.1, -0.05) is 55.5 Å². The summed E-state index contributed by atoms with van der Waals surface area (Å²) in [4.78, 5) is 28.4. The van der Waals surface area contributed by atoms with Crippen molar-refractivity contribution in [3.63, 3.8) is 0 Å². The summed E-state index contributed by atoms with van der Waals surface area (Å²) < 4.78 is 5.68.